The SMILES string of the molecule is O=C(NC(C(=O)O)c1ccc2c(c1)CCO2)c1cccc2c1OCCO2. The van der Waals surface area contributed by atoms with Crippen LogP contribution in [0.3, 0.4) is 0 Å². The molecule has 2 aliphatic heterocycles. The minimum Gasteiger partial charge on any atom is -0.493 e. The molecule has 2 aliphatic rings. The molecule has 0 aromatic heterocycles. The van der Waals surface area contributed by atoms with Crippen molar-refractivity contribution in [3.05, 3.63) is 53.1 Å². The molecule has 2 N–H and O–H groups in total. The molecule has 134 valence electrons. The van der Waals surface area contributed by atoms with E-state index >= 15 is 0 Å². The average molecular weight is 355 g/mol. The summed E-state index contributed by atoms with van der Waals surface area (Å²) < 4.78 is 16.4. The van der Waals surface area contributed by atoms with Gasteiger partial charge >= 0.3 is 5.97 Å². The summed E-state index contributed by atoms with van der Waals surface area (Å²) in [5.74, 6) is -0.101. The summed E-state index contributed by atoms with van der Waals surface area (Å²) in [7, 11) is 0. The predicted molar refractivity (Wildman–Crippen MR) is 90.9 cm³/mol. The molecular formula is C19H17NO6. The highest BCUT2D eigenvalue weighted by molar-refractivity contribution is 6.00. The van der Waals surface area contributed by atoms with E-state index in [0.29, 0.717) is 36.9 Å². The van der Waals surface area contributed by atoms with Gasteiger partial charge in [0.1, 0.15) is 19.0 Å². The maximum atomic E-state index is 12.7. The van der Waals surface area contributed by atoms with Crippen molar-refractivity contribution in [3.8, 4) is 17.2 Å². The number of fused-ring (bicyclic) bond motifs is 2. The van der Waals surface area contributed by atoms with Gasteiger partial charge in [0.05, 0.1) is 12.2 Å². The summed E-state index contributed by atoms with van der Waals surface area (Å²) in [6, 6.07) is 8.95. The van der Waals surface area contributed by atoms with Crippen LogP contribution in [0.15, 0.2) is 36.4 Å². The molecule has 7 nitrogen and oxygen atoms in total. The first-order valence-electron chi connectivity index (χ1n) is 8.31. The normalized spacial score (nSPS) is 15.5. The van der Waals surface area contributed by atoms with Crippen molar-refractivity contribution in [1.82, 2.24) is 5.32 Å². The number of para-hydroxylation sites is 1. The zero-order chi connectivity index (χ0) is 18.1. The van der Waals surface area contributed by atoms with Gasteiger partial charge in [-0.25, -0.2) is 4.79 Å². The lowest BCUT2D eigenvalue weighted by molar-refractivity contribution is -0.139. The first kappa shape index (κ1) is 16.3. The summed E-state index contributed by atoms with van der Waals surface area (Å²) in [5.41, 5.74) is 1.69. The number of amides is 1. The number of carbonyl (C=O) groups is 2. The highest BCUT2D eigenvalue weighted by Crippen LogP contribution is 2.34. The van der Waals surface area contributed by atoms with E-state index in [4.69, 9.17) is 14.2 Å². The fraction of sp³-hybridized carbons (Fsp3) is 0.263. The van der Waals surface area contributed by atoms with Gasteiger partial charge in [-0.05, 0) is 35.4 Å². The Hall–Kier alpha value is -3.22. The van der Waals surface area contributed by atoms with Gasteiger partial charge in [0.2, 0.25) is 0 Å². The van der Waals surface area contributed by atoms with Crippen LogP contribution in [0.5, 0.6) is 17.2 Å². The summed E-state index contributed by atoms with van der Waals surface area (Å²) >= 11 is 0. The van der Waals surface area contributed by atoms with Gasteiger partial charge < -0.3 is 24.6 Å². The quantitative estimate of drug-likeness (QED) is 0.871. The topological polar surface area (TPSA) is 94.1 Å². The number of carbonyl (C=O) groups excluding carboxylic acids is 1. The van der Waals surface area contributed by atoms with Crippen LogP contribution >= 0.6 is 0 Å². The number of carboxylic acids is 1. The summed E-state index contributed by atoms with van der Waals surface area (Å²) in [5, 5.41) is 12.2. The number of hydrogen-bond acceptors (Lipinski definition) is 5. The summed E-state index contributed by atoms with van der Waals surface area (Å²) in [6.45, 7) is 1.33. The smallest absolute Gasteiger partial charge is 0.330 e. The molecule has 2 aromatic carbocycles. The number of benzene rings is 2. The van der Waals surface area contributed by atoms with Gasteiger partial charge in [0, 0.05) is 6.42 Å². The molecule has 0 bridgehead atoms. The molecule has 0 fully saturated rings. The Morgan fingerprint density at radius 3 is 2.65 bits per heavy atom. The van der Waals surface area contributed by atoms with Gasteiger partial charge in [-0.1, -0.05) is 12.1 Å². The Morgan fingerprint density at radius 1 is 1.00 bits per heavy atom. The maximum absolute atomic E-state index is 12.7. The van der Waals surface area contributed by atoms with Crippen LogP contribution in [0.25, 0.3) is 0 Å². The third-order valence-electron chi connectivity index (χ3n) is 4.38. The number of ether oxygens (including phenoxy) is 3. The fourth-order valence-corrected chi connectivity index (χ4v) is 3.14. The van der Waals surface area contributed by atoms with Crippen molar-refractivity contribution in [2.24, 2.45) is 0 Å². The van der Waals surface area contributed by atoms with E-state index in [1.165, 1.54) is 0 Å². The minimum atomic E-state index is -1.17. The van der Waals surface area contributed by atoms with Gasteiger partial charge in [-0.15, -0.1) is 0 Å². The lowest BCUT2D eigenvalue weighted by atomic mass is 10.0. The minimum absolute atomic E-state index is 0.248. The van der Waals surface area contributed by atoms with Crippen molar-refractivity contribution >= 4 is 11.9 Å². The van der Waals surface area contributed by atoms with Crippen molar-refractivity contribution in [1.29, 1.82) is 0 Å². The highest BCUT2D eigenvalue weighted by atomic mass is 16.6. The second kappa shape index (κ2) is 6.59. The Kier molecular flexibility index (Phi) is 4.12. The first-order chi connectivity index (χ1) is 12.6. The van der Waals surface area contributed by atoms with Crippen LogP contribution in [-0.2, 0) is 11.2 Å². The molecule has 0 saturated carbocycles. The largest absolute Gasteiger partial charge is 0.493 e. The lowest BCUT2D eigenvalue weighted by Gasteiger charge is -2.21. The number of nitrogens with one attached hydrogen (secondary N) is 1. The van der Waals surface area contributed by atoms with Crippen LogP contribution in [0.4, 0.5) is 0 Å². The second-order valence-electron chi connectivity index (χ2n) is 6.04. The Bertz CT molecular complexity index is 878. The van der Waals surface area contributed by atoms with Gasteiger partial charge in [0.15, 0.2) is 17.5 Å². The molecule has 1 amide bonds. The first-order valence-corrected chi connectivity index (χ1v) is 8.31. The number of carboxylic acid groups (broad SMARTS) is 1. The molecule has 0 aliphatic carbocycles. The Morgan fingerprint density at radius 2 is 1.81 bits per heavy atom. The molecule has 0 spiro atoms. The fourth-order valence-electron chi connectivity index (χ4n) is 3.14. The molecule has 0 radical (unpaired) electrons. The lowest BCUT2D eigenvalue weighted by Crippen LogP contribution is -2.34. The van der Waals surface area contributed by atoms with Crippen molar-refractivity contribution in [2.45, 2.75) is 12.5 Å². The van der Waals surface area contributed by atoms with E-state index in [9.17, 15) is 14.7 Å². The van der Waals surface area contributed by atoms with Crippen molar-refractivity contribution in [3.63, 3.8) is 0 Å². The van der Waals surface area contributed by atoms with Crippen LogP contribution in [0, 0.1) is 0 Å². The standard InChI is InChI=1S/C19H17NO6/c21-18(13-2-1-3-15-17(13)26-9-8-25-15)20-16(19(22)23)12-4-5-14-11(10-12)6-7-24-14/h1-5,10,16H,6-9H2,(H,20,21)(H,22,23). The molecule has 26 heavy (non-hydrogen) atoms. The van der Waals surface area contributed by atoms with Crippen LogP contribution < -0.4 is 19.5 Å². The average Bonchev–Trinajstić information content (AvgIpc) is 3.13. The molecule has 1 unspecified atom stereocenters. The van der Waals surface area contributed by atoms with Crippen LogP contribution in [0.2, 0.25) is 0 Å². The molecule has 0 saturated heterocycles. The van der Waals surface area contributed by atoms with E-state index in [1.54, 1.807) is 36.4 Å². The molecule has 1 atom stereocenters. The number of rotatable bonds is 4. The third-order valence-corrected chi connectivity index (χ3v) is 4.38. The van der Waals surface area contributed by atoms with Crippen molar-refractivity contribution in [2.75, 3.05) is 19.8 Å². The predicted octanol–water partition coefficient (Wildman–Crippen LogP) is 1.95. The van der Waals surface area contributed by atoms with Crippen molar-refractivity contribution < 1.29 is 28.9 Å². The number of hydrogen-bond donors (Lipinski definition) is 2. The highest BCUT2D eigenvalue weighted by Gasteiger charge is 2.27. The maximum Gasteiger partial charge on any atom is 0.330 e. The molecule has 2 aromatic rings. The molecule has 7 heteroatoms. The zero-order valence-corrected chi connectivity index (χ0v) is 13.9. The monoisotopic (exact) mass is 355 g/mol. The number of aliphatic carboxylic acids is 1. The van der Waals surface area contributed by atoms with E-state index in [2.05, 4.69) is 5.32 Å². The van der Waals surface area contributed by atoms with E-state index in [-0.39, 0.29) is 5.56 Å². The van der Waals surface area contributed by atoms with E-state index in [0.717, 1.165) is 17.7 Å². The molecular weight excluding hydrogens is 338 g/mol. The molecule has 4 rings (SSSR count). The Balaban J connectivity index is 1.61. The van der Waals surface area contributed by atoms with Gasteiger partial charge in [-0.2, -0.15) is 0 Å². The van der Waals surface area contributed by atoms with E-state index < -0.39 is 17.9 Å². The van der Waals surface area contributed by atoms with Crippen LogP contribution in [0.1, 0.15) is 27.5 Å². The Labute approximate surface area is 149 Å². The second-order valence-corrected chi connectivity index (χ2v) is 6.04. The third kappa shape index (κ3) is 2.92. The van der Waals surface area contributed by atoms with Gasteiger partial charge in [0.25, 0.3) is 5.91 Å². The van der Waals surface area contributed by atoms with Crippen LogP contribution in [-0.4, -0.2) is 36.8 Å². The van der Waals surface area contributed by atoms with E-state index in [1.807, 2.05) is 0 Å². The summed E-state index contributed by atoms with van der Waals surface area (Å²) in [6.07, 6.45) is 0.723. The summed E-state index contributed by atoms with van der Waals surface area (Å²) in [4.78, 5) is 24.5. The van der Waals surface area contributed by atoms with Gasteiger partial charge in [-0.3, -0.25) is 4.79 Å². The zero-order valence-electron chi connectivity index (χ0n) is 13.9. The molecule has 2 heterocycles.